The van der Waals surface area contributed by atoms with Gasteiger partial charge >= 0.3 is 0 Å². The maximum Gasteiger partial charge on any atom is 0.216 e. The molecule has 19 heavy (non-hydrogen) atoms. The minimum absolute atomic E-state index is 0.238. The molecule has 1 aromatic carbocycles. The Morgan fingerprint density at radius 3 is 2.84 bits per heavy atom. The van der Waals surface area contributed by atoms with Crippen LogP contribution in [0.2, 0.25) is 0 Å². The summed E-state index contributed by atoms with van der Waals surface area (Å²) < 4.78 is 2.29. The first kappa shape index (κ1) is 12.2. The van der Waals surface area contributed by atoms with E-state index in [-0.39, 0.29) is 5.78 Å². The van der Waals surface area contributed by atoms with Crippen molar-refractivity contribution in [2.45, 2.75) is 19.5 Å². The fraction of sp³-hybridized carbons (Fsp3) is 0.312. The number of carbonyl (C=O) groups excluding carboxylic acids is 1. The second-order valence-electron chi connectivity index (χ2n) is 5.22. The predicted molar refractivity (Wildman–Crippen MR) is 74.3 cm³/mol. The molecular formula is C16H19N2O+. The second-order valence-corrected chi connectivity index (χ2v) is 5.22. The fourth-order valence-corrected chi connectivity index (χ4v) is 2.89. The Kier molecular flexibility index (Phi) is 3.22. The number of quaternary nitrogens is 1. The molecule has 3 rings (SSSR count). The van der Waals surface area contributed by atoms with Crippen molar-refractivity contribution in [1.29, 1.82) is 0 Å². The minimum Gasteiger partial charge on any atom is -0.341 e. The van der Waals surface area contributed by atoms with Crippen LogP contribution in [0.3, 0.4) is 0 Å². The highest BCUT2D eigenvalue weighted by atomic mass is 16.1. The van der Waals surface area contributed by atoms with Crippen molar-refractivity contribution < 1.29 is 9.69 Å². The molecule has 1 N–H and O–H groups in total. The first-order valence-corrected chi connectivity index (χ1v) is 6.83. The van der Waals surface area contributed by atoms with E-state index in [1.54, 1.807) is 0 Å². The zero-order valence-corrected chi connectivity index (χ0v) is 11.2. The van der Waals surface area contributed by atoms with E-state index in [0.29, 0.717) is 12.6 Å². The summed E-state index contributed by atoms with van der Waals surface area (Å²) in [7, 11) is 0. The highest BCUT2D eigenvalue weighted by Gasteiger charge is 2.28. The molecule has 0 saturated heterocycles. The maximum absolute atomic E-state index is 12.3. The average molecular weight is 255 g/mol. The van der Waals surface area contributed by atoms with Crippen LogP contribution < -0.4 is 4.90 Å². The van der Waals surface area contributed by atoms with Crippen molar-refractivity contribution in [1.82, 2.24) is 4.57 Å². The Bertz CT molecular complexity index is 573. The molecular weight excluding hydrogens is 236 g/mol. The lowest BCUT2D eigenvalue weighted by Crippen LogP contribution is -3.14. The lowest BCUT2D eigenvalue weighted by Gasteiger charge is -2.31. The number of ketones is 1. The van der Waals surface area contributed by atoms with E-state index in [9.17, 15) is 4.79 Å². The number of nitrogens with one attached hydrogen (secondary N) is 1. The number of nitrogens with zero attached hydrogens (tertiary/aromatic N) is 1. The topological polar surface area (TPSA) is 26.4 Å². The Balaban J connectivity index is 1.73. The number of Topliss-reactive ketones (excluding diaryl/α,β-unsaturated/α-hetero) is 1. The summed E-state index contributed by atoms with van der Waals surface area (Å²) in [6.07, 6.45) is 2.13. The first-order valence-electron chi connectivity index (χ1n) is 6.83. The highest BCUT2D eigenvalue weighted by Crippen LogP contribution is 2.13. The van der Waals surface area contributed by atoms with Gasteiger partial charge in [0.25, 0.3) is 0 Å². The van der Waals surface area contributed by atoms with Gasteiger partial charge in [-0.15, -0.1) is 0 Å². The molecule has 0 fully saturated rings. The fourth-order valence-electron chi connectivity index (χ4n) is 2.89. The van der Waals surface area contributed by atoms with Crippen LogP contribution in [0.15, 0.2) is 48.7 Å². The van der Waals surface area contributed by atoms with Crippen molar-refractivity contribution >= 4 is 5.78 Å². The van der Waals surface area contributed by atoms with Gasteiger partial charge in [0.05, 0.1) is 18.8 Å². The highest BCUT2D eigenvalue weighted by molar-refractivity contribution is 5.96. The number of hydrogen-bond donors (Lipinski definition) is 1. The van der Waals surface area contributed by atoms with Gasteiger partial charge in [0.1, 0.15) is 12.6 Å². The summed E-state index contributed by atoms with van der Waals surface area (Å²) in [5.74, 6) is 0.238. The molecule has 0 aliphatic carbocycles. The van der Waals surface area contributed by atoms with E-state index in [1.807, 2.05) is 30.3 Å². The molecule has 98 valence electrons. The van der Waals surface area contributed by atoms with Crippen molar-refractivity contribution in [3.8, 4) is 0 Å². The van der Waals surface area contributed by atoms with Crippen molar-refractivity contribution in [2.24, 2.45) is 0 Å². The quantitative estimate of drug-likeness (QED) is 0.823. The molecule has 0 saturated carbocycles. The van der Waals surface area contributed by atoms with E-state index in [2.05, 4.69) is 29.8 Å². The van der Waals surface area contributed by atoms with E-state index >= 15 is 0 Å². The van der Waals surface area contributed by atoms with Gasteiger partial charge in [0.15, 0.2) is 0 Å². The molecule has 0 spiro atoms. The Morgan fingerprint density at radius 1 is 1.26 bits per heavy atom. The van der Waals surface area contributed by atoms with Crippen molar-refractivity contribution in [2.75, 3.05) is 13.1 Å². The summed E-state index contributed by atoms with van der Waals surface area (Å²) >= 11 is 0. The Morgan fingerprint density at radius 2 is 2.05 bits per heavy atom. The molecule has 2 unspecified atom stereocenters. The van der Waals surface area contributed by atoms with Gasteiger partial charge in [-0.1, -0.05) is 30.3 Å². The smallest absolute Gasteiger partial charge is 0.216 e. The number of aromatic nitrogens is 1. The molecule has 2 atom stereocenters. The number of fused-ring (bicyclic) bond motifs is 1. The van der Waals surface area contributed by atoms with E-state index in [4.69, 9.17) is 0 Å². The normalized spacial score (nSPS) is 21.9. The van der Waals surface area contributed by atoms with Gasteiger partial charge in [0.2, 0.25) is 5.78 Å². The minimum atomic E-state index is 0.238. The third-order valence-electron chi connectivity index (χ3n) is 4.08. The third-order valence-corrected chi connectivity index (χ3v) is 4.08. The third kappa shape index (κ3) is 2.34. The van der Waals surface area contributed by atoms with Crippen LogP contribution in [0.1, 0.15) is 29.0 Å². The lowest BCUT2D eigenvalue weighted by molar-refractivity contribution is -0.926. The molecule has 1 aliphatic rings. The molecule has 0 bridgehead atoms. The van der Waals surface area contributed by atoms with E-state index in [1.165, 1.54) is 10.6 Å². The summed E-state index contributed by atoms with van der Waals surface area (Å²) in [6, 6.07) is 14.2. The zero-order chi connectivity index (χ0) is 13.2. The van der Waals surface area contributed by atoms with Gasteiger partial charge < -0.3 is 9.47 Å². The van der Waals surface area contributed by atoms with E-state index < -0.39 is 0 Å². The van der Waals surface area contributed by atoms with Crippen LogP contribution >= 0.6 is 0 Å². The van der Waals surface area contributed by atoms with Gasteiger partial charge in [-0.05, 0) is 19.1 Å². The van der Waals surface area contributed by atoms with Crippen LogP contribution in [0.5, 0.6) is 0 Å². The second kappa shape index (κ2) is 5.02. The Hall–Kier alpha value is -1.87. The van der Waals surface area contributed by atoms with Crippen LogP contribution in [0.4, 0.5) is 0 Å². The van der Waals surface area contributed by atoms with Gasteiger partial charge in [-0.3, -0.25) is 4.79 Å². The molecule has 2 aromatic rings. The first-order chi connectivity index (χ1) is 9.25. The predicted octanol–water partition coefficient (Wildman–Crippen LogP) is 1.33. The molecule has 3 heteroatoms. The summed E-state index contributed by atoms with van der Waals surface area (Å²) in [4.78, 5) is 13.6. The SMILES string of the molecule is CC1c2cccn2CC[NH+]1CC(=O)c1ccccc1. The standard InChI is InChI=1S/C16H18N2O/c1-13-15-8-5-9-17(15)10-11-18(13)12-16(19)14-6-3-2-4-7-14/h2-9,13H,10-12H2,1H3/p+1. The van der Waals surface area contributed by atoms with Crippen LogP contribution in [-0.2, 0) is 6.54 Å². The van der Waals surface area contributed by atoms with Crippen LogP contribution in [-0.4, -0.2) is 23.4 Å². The molecule has 1 aliphatic heterocycles. The molecule has 3 nitrogen and oxygen atoms in total. The Labute approximate surface area is 113 Å². The van der Waals surface area contributed by atoms with Crippen molar-refractivity contribution in [3.63, 3.8) is 0 Å². The monoisotopic (exact) mass is 255 g/mol. The summed E-state index contributed by atoms with van der Waals surface area (Å²) in [6.45, 7) is 4.81. The van der Waals surface area contributed by atoms with Crippen LogP contribution in [0, 0.1) is 0 Å². The average Bonchev–Trinajstić information content (AvgIpc) is 2.92. The molecule has 2 heterocycles. The van der Waals surface area contributed by atoms with E-state index in [0.717, 1.165) is 18.7 Å². The number of carbonyl (C=O) groups is 1. The molecule has 0 amide bonds. The zero-order valence-electron chi connectivity index (χ0n) is 11.2. The van der Waals surface area contributed by atoms with Crippen LogP contribution in [0.25, 0.3) is 0 Å². The van der Waals surface area contributed by atoms with Gasteiger partial charge in [-0.2, -0.15) is 0 Å². The molecule has 0 radical (unpaired) electrons. The van der Waals surface area contributed by atoms with Crippen molar-refractivity contribution in [3.05, 3.63) is 59.9 Å². The maximum atomic E-state index is 12.3. The lowest BCUT2D eigenvalue weighted by atomic mass is 10.1. The summed E-state index contributed by atoms with van der Waals surface area (Å²) in [5, 5.41) is 0. The number of benzene rings is 1. The summed E-state index contributed by atoms with van der Waals surface area (Å²) in [5.41, 5.74) is 2.16. The molecule has 1 aromatic heterocycles. The van der Waals surface area contributed by atoms with Gasteiger partial charge in [0, 0.05) is 11.8 Å². The number of rotatable bonds is 3. The number of hydrogen-bond acceptors (Lipinski definition) is 1. The van der Waals surface area contributed by atoms with Gasteiger partial charge in [-0.25, -0.2) is 0 Å². The largest absolute Gasteiger partial charge is 0.341 e.